The Morgan fingerprint density at radius 1 is 1.50 bits per heavy atom. The first-order valence-corrected chi connectivity index (χ1v) is 5.36. The van der Waals surface area contributed by atoms with E-state index in [1.165, 1.54) is 13.0 Å². The molecule has 0 aromatic carbocycles. The molecule has 0 aliphatic rings. The van der Waals surface area contributed by atoms with Crippen LogP contribution in [0.2, 0.25) is 0 Å². The van der Waals surface area contributed by atoms with Gasteiger partial charge in [0.2, 0.25) is 0 Å². The van der Waals surface area contributed by atoms with Crippen molar-refractivity contribution in [3.8, 4) is 0 Å². The van der Waals surface area contributed by atoms with Crippen molar-refractivity contribution >= 4 is 16.1 Å². The molecule has 0 aromatic heterocycles. The molecule has 0 spiro atoms. The highest BCUT2D eigenvalue weighted by Crippen LogP contribution is 2.01. The van der Waals surface area contributed by atoms with E-state index >= 15 is 0 Å². The molecule has 0 radical (unpaired) electrons. The lowest BCUT2D eigenvalue weighted by atomic mass is 10.2. The predicted molar refractivity (Wildman–Crippen MR) is 48.4 cm³/mol. The first-order valence-electron chi connectivity index (χ1n) is 3.75. The van der Waals surface area contributed by atoms with E-state index in [0.717, 1.165) is 0 Å². The van der Waals surface area contributed by atoms with Crippen LogP contribution in [0.15, 0.2) is 11.6 Å². The van der Waals surface area contributed by atoms with Gasteiger partial charge in [0.25, 0.3) is 10.1 Å². The first-order chi connectivity index (χ1) is 6.22. The summed E-state index contributed by atoms with van der Waals surface area (Å²) in [4.78, 5) is 10.3. The van der Waals surface area contributed by atoms with Gasteiger partial charge in [0.05, 0.1) is 6.10 Å². The summed E-state index contributed by atoms with van der Waals surface area (Å²) in [6.07, 6.45) is -0.227. The molecule has 0 aromatic rings. The maximum Gasteiger partial charge on any atom is 0.330 e. The van der Waals surface area contributed by atoms with E-state index in [1.54, 1.807) is 0 Å². The molecule has 7 heteroatoms. The van der Waals surface area contributed by atoms with Crippen LogP contribution < -0.4 is 0 Å². The molecular weight excluding hydrogens is 212 g/mol. The second-order valence-corrected chi connectivity index (χ2v) is 4.33. The SMILES string of the molecule is C/C(=C\CC(O)CS(=O)(=O)O)C(=O)O. The number of hydrogen-bond acceptors (Lipinski definition) is 4. The largest absolute Gasteiger partial charge is 0.478 e. The quantitative estimate of drug-likeness (QED) is 0.435. The Balaban J connectivity index is 4.16. The number of aliphatic hydroxyl groups is 1. The van der Waals surface area contributed by atoms with Crippen molar-refractivity contribution in [2.24, 2.45) is 0 Å². The number of carbonyl (C=O) groups is 1. The van der Waals surface area contributed by atoms with Crippen LogP contribution in [0.1, 0.15) is 13.3 Å². The Morgan fingerprint density at radius 2 is 2.00 bits per heavy atom. The zero-order valence-electron chi connectivity index (χ0n) is 7.54. The fourth-order valence-corrected chi connectivity index (χ4v) is 1.33. The van der Waals surface area contributed by atoms with Crippen molar-refractivity contribution in [2.45, 2.75) is 19.4 Å². The number of rotatable bonds is 5. The van der Waals surface area contributed by atoms with E-state index < -0.39 is 27.9 Å². The maximum atomic E-state index is 10.3. The molecule has 0 aliphatic heterocycles. The average Bonchev–Trinajstić information content (AvgIpc) is 1.96. The summed E-state index contributed by atoms with van der Waals surface area (Å²) < 4.78 is 28.9. The van der Waals surface area contributed by atoms with Crippen LogP contribution in [-0.4, -0.2) is 41.0 Å². The van der Waals surface area contributed by atoms with Gasteiger partial charge >= 0.3 is 5.97 Å². The number of carboxylic acids is 1. The molecule has 0 aliphatic carbocycles. The van der Waals surface area contributed by atoms with Crippen LogP contribution in [0, 0.1) is 0 Å². The van der Waals surface area contributed by atoms with E-state index in [9.17, 15) is 13.2 Å². The maximum absolute atomic E-state index is 10.3. The summed E-state index contributed by atoms with van der Waals surface area (Å²) >= 11 is 0. The van der Waals surface area contributed by atoms with Gasteiger partial charge in [-0.1, -0.05) is 6.08 Å². The van der Waals surface area contributed by atoms with Crippen LogP contribution in [-0.2, 0) is 14.9 Å². The molecule has 0 fully saturated rings. The Bertz CT molecular complexity index is 328. The smallest absolute Gasteiger partial charge is 0.330 e. The molecule has 0 saturated carbocycles. The van der Waals surface area contributed by atoms with Gasteiger partial charge < -0.3 is 10.2 Å². The molecule has 1 atom stereocenters. The summed E-state index contributed by atoms with van der Waals surface area (Å²) in [5.74, 6) is -1.93. The number of hydrogen-bond donors (Lipinski definition) is 3. The standard InChI is InChI=1S/C7H12O6S/c1-5(7(9)10)2-3-6(8)4-14(11,12)13/h2,6,8H,3-4H2,1H3,(H,9,10)(H,11,12,13)/b5-2+. The molecule has 0 heterocycles. The Hall–Kier alpha value is -0.920. The highest BCUT2D eigenvalue weighted by molar-refractivity contribution is 7.85. The van der Waals surface area contributed by atoms with Crippen molar-refractivity contribution in [1.82, 2.24) is 0 Å². The molecular formula is C7H12O6S. The summed E-state index contributed by atoms with van der Waals surface area (Å²) in [5, 5.41) is 17.4. The number of aliphatic hydroxyl groups excluding tert-OH is 1. The normalized spacial score (nSPS) is 15.2. The van der Waals surface area contributed by atoms with E-state index in [0.29, 0.717) is 0 Å². The highest BCUT2D eigenvalue weighted by Gasteiger charge is 2.13. The third-order valence-corrected chi connectivity index (χ3v) is 2.24. The topological polar surface area (TPSA) is 112 Å². The molecule has 0 amide bonds. The van der Waals surface area contributed by atoms with Gasteiger partial charge in [-0.15, -0.1) is 0 Å². The number of carboxylic acid groups (broad SMARTS) is 1. The van der Waals surface area contributed by atoms with Crippen LogP contribution in [0.25, 0.3) is 0 Å². The van der Waals surface area contributed by atoms with E-state index in [2.05, 4.69) is 0 Å². The lowest BCUT2D eigenvalue weighted by molar-refractivity contribution is -0.132. The van der Waals surface area contributed by atoms with Gasteiger partial charge in [0.1, 0.15) is 5.75 Å². The first kappa shape index (κ1) is 13.1. The monoisotopic (exact) mass is 224 g/mol. The van der Waals surface area contributed by atoms with E-state index in [-0.39, 0.29) is 12.0 Å². The second-order valence-electron chi connectivity index (χ2n) is 2.83. The molecule has 0 bridgehead atoms. The molecule has 82 valence electrons. The minimum absolute atomic E-state index is 0.0133. The molecule has 3 N–H and O–H groups in total. The van der Waals surface area contributed by atoms with Gasteiger partial charge in [-0.2, -0.15) is 8.42 Å². The predicted octanol–water partition coefficient (Wildman–Crippen LogP) is -0.344. The van der Waals surface area contributed by atoms with Gasteiger partial charge in [-0.05, 0) is 13.3 Å². The summed E-state index contributed by atoms with van der Waals surface area (Å²) in [6, 6.07) is 0. The van der Waals surface area contributed by atoms with Crippen LogP contribution in [0.3, 0.4) is 0 Å². The molecule has 1 unspecified atom stereocenters. The van der Waals surface area contributed by atoms with Crippen molar-refractivity contribution in [1.29, 1.82) is 0 Å². The van der Waals surface area contributed by atoms with Gasteiger partial charge in [0, 0.05) is 5.57 Å². The lowest BCUT2D eigenvalue weighted by Gasteiger charge is -2.04. The second kappa shape index (κ2) is 5.08. The van der Waals surface area contributed by atoms with Crippen LogP contribution in [0.5, 0.6) is 0 Å². The van der Waals surface area contributed by atoms with Crippen LogP contribution in [0.4, 0.5) is 0 Å². The molecule has 6 nitrogen and oxygen atoms in total. The third-order valence-electron chi connectivity index (χ3n) is 1.44. The van der Waals surface area contributed by atoms with Crippen molar-refractivity contribution < 1.29 is 28.0 Å². The lowest BCUT2D eigenvalue weighted by Crippen LogP contribution is -2.19. The molecule has 14 heavy (non-hydrogen) atoms. The fraction of sp³-hybridized carbons (Fsp3) is 0.571. The summed E-state index contributed by atoms with van der Waals surface area (Å²) in [5.41, 5.74) is 0.0133. The minimum Gasteiger partial charge on any atom is -0.478 e. The number of aliphatic carboxylic acids is 1. The third kappa shape index (κ3) is 6.58. The Labute approximate surface area is 81.6 Å². The van der Waals surface area contributed by atoms with Crippen molar-refractivity contribution in [2.75, 3.05) is 5.75 Å². The molecule has 0 saturated heterocycles. The van der Waals surface area contributed by atoms with Crippen molar-refractivity contribution in [3.63, 3.8) is 0 Å². The summed E-state index contributed by atoms with van der Waals surface area (Å²) in [7, 11) is -4.22. The molecule has 0 rings (SSSR count). The Kier molecular flexibility index (Phi) is 4.75. The van der Waals surface area contributed by atoms with Gasteiger partial charge in [-0.3, -0.25) is 4.55 Å². The van der Waals surface area contributed by atoms with E-state index in [1.807, 2.05) is 0 Å². The van der Waals surface area contributed by atoms with Crippen molar-refractivity contribution in [3.05, 3.63) is 11.6 Å². The van der Waals surface area contributed by atoms with Gasteiger partial charge in [0.15, 0.2) is 0 Å². The summed E-state index contributed by atoms with van der Waals surface area (Å²) in [6.45, 7) is 1.32. The zero-order chi connectivity index (χ0) is 11.4. The zero-order valence-corrected chi connectivity index (χ0v) is 8.36. The minimum atomic E-state index is -4.22. The van der Waals surface area contributed by atoms with E-state index in [4.69, 9.17) is 14.8 Å². The fourth-order valence-electron chi connectivity index (χ4n) is 0.711. The Morgan fingerprint density at radius 3 is 2.36 bits per heavy atom. The van der Waals surface area contributed by atoms with Gasteiger partial charge in [-0.25, -0.2) is 4.79 Å². The van der Waals surface area contributed by atoms with Crippen LogP contribution >= 0.6 is 0 Å². The average molecular weight is 224 g/mol. The highest BCUT2D eigenvalue weighted by atomic mass is 32.2.